The van der Waals surface area contributed by atoms with E-state index in [2.05, 4.69) is 18.2 Å². The third-order valence-electron chi connectivity index (χ3n) is 5.68. The lowest BCUT2D eigenvalue weighted by Gasteiger charge is -2.26. The van der Waals surface area contributed by atoms with Gasteiger partial charge in [-0.15, -0.1) is 0 Å². The lowest BCUT2D eigenvalue weighted by atomic mass is 9.79. The molecule has 0 saturated heterocycles. The molecule has 3 rings (SSSR count). The summed E-state index contributed by atoms with van der Waals surface area (Å²) in [5, 5.41) is 20.2. The predicted octanol–water partition coefficient (Wildman–Crippen LogP) is 3.59. The van der Waals surface area contributed by atoms with Gasteiger partial charge in [-0.05, 0) is 37.5 Å². The Hall–Kier alpha value is -0.600. The van der Waals surface area contributed by atoms with E-state index in [4.69, 9.17) is 0 Å². The molecule has 0 radical (unpaired) electrons. The second-order valence-corrected chi connectivity index (χ2v) is 7.21. The largest absolute Gasteiger partial charge is 0.393 e. The van der Waals surface area contributed by atoms with Crippen molar-refractivity contribution < 1.29 is 10.2 Å². The third-order valence-corrected chi connectivity index (χ3v) is 5.68. The third kappa shape index (κ3) is 3.01. The standard InChI is InChI=1S/C18H28O2/c19-16(11-14-5-2-1-3-6-14)8-10-18-9-4-7-15(18)12-17(20)13-18/h4,8-10,14-17,19-20H,1-3,5-7,11-13H2/b10-8+/t15?,16-,17?,18?/m0/s1. The highest BCUT2D eigenvalue weighted by atomic mass is 16.3. The Bertz CT molecular complexity index is 381. The van der Waals surface area contributed by atoms with Gasteiger partial charge in [0.05, 0.1) is 12.2 Å². The van der Waals surface area contributed by atoms with Gasteiger partial charge in [0, 0.05) is 5.41 Å². The maximum Gasteiger partial charge on any atom is 0.0723 e. The first-order chi connectivity index (χ1) is 9.68. The smallest absolute Gasteiger partial charge is 0.0723 e. The highest BCUT2D eigenvalue weighted by molar-refractivity contribution is 5.24. The van der Waals surface area contributed by atoms with Crippen molar-refractivity contribution in [1.29, 1.82) is 0 Å². The van der Waals surface area contributed by atoms with Crippen LogP contribution in [0.3, 0.4) is 0 Å². The molecule has 0 aromatic rings. The Balaban J connectivity index is 1.57. The number of fused-ring (bicyclic) bond motifs is 1. The van der Waals surface area contributed by atoms with Crippen LogP contribution in [0.2, 0.25) is 0 Å². The minimum Gasteiger partial charge on any atom is -0.393 e. The number of hydrogen-bond donors (Lipinski definition) is 2. The summed E-state index contributed by atoms with van der Waals surface area (Å²) in [7, 11) is 0. The summed E-state index contributed by atoms with van der Waals surface area (Å²) < 4.78 is 0. The van der Waals surface area contributed by atoms with Crippen LogP contribution in [0.1, 0.15) is 57.8 Å². The van der Waals surface area contributed by atoms with Crippen molar-refractivity contribution in [3.63, 3.8) is 0 Å². The van der Waals surface area contributed by atoms with E-state index in [-0.39, 0.29) is 17.6 Å². The fraction of sp³-hybridized carbons (Fsp3) is 0.778. The first-order valence-corrected chi connectivity index (χ1v) is 8.41. The second kappa shape index (κ2) is 6.03. The van der Waals surface area contributed by atoms with E-state index in [0.29, 0.717) is 11.8 Å². The average molecular weight is 276 g/mol. The van der Waals surface area contributed by atoms with E-state index < -0.39 is 0 Å². The summed E-state index contributed by atoms with van der Waals surface area (Å²) in [5.74, 6) is 1.26. The van der Waals surface area contributed by atoms with Crippen LogP contribution >= 0.6 is 0 Å². The zero-order valence-electron chi connectivity index (χ0n) is 12.4. The molecule has 0 heterocycles. The molecule has 3 aliphatic rings. The summed E-state index contributed by atoms with van der Waals surface area (Å²) in [6.45, 7) is 0. The maximum atomic E-state index is 10.3. The molecule has 2 nitrogen and oxygen atoms in total. The van der Waals surface area contributed by atoms with E-state index in [1.807, 2.05) is 6.08 Å². The highest BCUT2D eigenvalue weighted by Crippen LogP contribution is 2.51. The fourth-order valence-corrected chi connectivity index (χ4v) is 4.57. The van der Waals surface area contributed by atoms with Crippen molar-refractivity contribution in [3.05, 3.63) is 24.3 Å². The maximum absolute atomic E-state index is 10.3. The van der Waals surface area contributed by atoms with Gasteiger partial charge >= 0.3 is 0 Å². The molecule has 2 fully saturated rings. The topological polar surface area (TPSA) is 40.5 Å². The lowest BCUT2D eigenvalue weighted by Crippen LogP contribution is -2.19. The van der Waals surface area contributed by atoms with E-state index >= 15 is 0 Å². The van der Waals surface area contributed by atoms with Gasteiger partial charge in [-0.2, -0.15) is 0 Å². The van der Waals surface area contributed by atoms with Crippen LogP contribution in [0, 0.1) is 17.3 Å². The number of hydrogen-bond acceptors (Lipinski definition) is 2. The van der Waals surface area contributed by atoms with E-state index in [9.17, 15) is 10.2 Å². The van der Waals surface area contributed by atoms with Crippen molar-refractivity contribution >= 4 is 0 Å². The Morgan fingerprint density at radius 2 is 2.05 bits per heavy atom. The van der Waals surface area contributed by atoms with E-state index in [1.54, 1.807) is 0 Å². The quantitative estimate of drug-likeness (QED) is 0.770. The molecular weight excluding hydrogens is 248 g/mol. The molecule has 0 spiro atoms. The molecule has 2 N–H and O–H groups in total. The molecule has 3 unspecified atom stereocenters. The van der Waals surface area contributed by atoms with Gasteiger partial charge in [0.15, 0.2) is 0 Å². The van der Waals surface area contributed by atoms with Crippen molar-refractivity contribution in [3.8, 4) is 0 Å². The van der Waals surface area contributed by atoms with Crippen LogP contribution in [-0.4, -0.2) is 22.4 Å². The Kier molecular flexibility index (Phi) is 4.32. The summed E-state index contributed by atoms with van der Waals surface area (Å²) in [5.41, 5.74) is 0.0347. The molecule has 112 valence electrons. The molecule has 3 aliphatic carbocycles. The highest BCUT2D eigenvalue weighted by Gasteiger charge is 2.45. The molecule has 0 aromatic carbocycles. The Morgan fingerprint density at radius 3 is 2.85 bits per heavy atom. The normalized spacial score (nSPS) is 39.5. The zero-order chi connectivity index (χ0) is 14.0. The van der Waals surface area contributed by atoms with Gasteiger partial charge < -0.3 is 10.2 Å². The number of aliphatic hydroxyl groups excluding tert-OH is 2. The summed E-state index contributed by atoms with van der Waals surface area (Å²) in [6.07, 6.45) is 18.6. The Morgan fingerprint density at radius 1 is 1.25 bits per heavy atom. The number of allylic oxidation sites excluding steroid dienone is 3. The van der Waals surface area contributed by atoms with Crippen molar-refractivity contribution in [2.24, 2.45) is 17.3 Å². The van der Waals surface area contributed by atoms with Crippen LogP contribution in [0.5, 0.6) is 0 Å². The molecule has 20 heavy (non-hydrogen) atoms. The zero-order valence-corrected chi connectivity index (χ0v) is 12.4. The molecular formula is C18H28O2. The first kappa shape index (κ1) is 14.3. The van der Waals surface area contributed by atoms with Gasteiger partial charge in [-0.25, -0.2) is 0 Å². The van der Waals surface area contributed by atoms with Gasteiger partial charge in [0.2, 0.25) is 0 Å². The number of aliphatic hydroxyl groups is 2. The summed E-state index contributed by atoms with van der Waals surface area (Å²) >= 11 is 0. The molecule has 0 amide bonds. The van der Waals surface area contributed by atoms with Crippen molar-refractivity contribution in [2.45, 2.75) is 70.0 Å². The summed E-state index contributed by atoms with van der Waals surface area (Å²) in [4.78, 5) is 0. The van der Waals surface area contributed by atoms with E-state index in [1.165, 1.54) is 32.1 Å². The van der Waals surface area contributed by atoms with Crippen molar-refractivity contribution in [1.82, 2.24) is 0 Å². The molecule has 0 bridgehead atoms. The molecule has 2 heteroatoms. The van der Waals surface area contributed by atoms with Gasteiger partial charge in [0.1, 0.15) is 0 Å². The van der Waals surface area contributed by atoms with Gasteiger partial charge in [-0.3, -0.25) is 0 Å². The SMILES string of the molecule is OC1CC2CC=CC2(/C=C/[C@H](O)CC2CCCCC2)C1. The second-order valence-electron chi connectivity index (χ2n) is 7.21. The first-order valence-electron chi connectivity index (χ1n) is 8.41. The van der Waals surface area contributed by atoms with Crippen LogP contribution in [0.25, 0.3) is 0 Å². The molecule has 4 atom stereocenters. The average Bonchev–Trinajstić information content (AvgIpc) is 2.93. The monoisotopic (exact) mass is 276 g/mol. The Labute approximate surface area is 122 Å². The predicted molar refractivity (Wildman–Crippen MR) is 81.3 cm³/mol. The lowest BCUT2D eigenvalue weighted by molar-refractivity contribution is 0.166. The summed E-state index contributed by atoms with van der Waals surface area (Å²) in [6, 6.07) is 0. The molecule has 0 aromatic heterocycles. The molecule has 0 aliphatic heterocycles. The minimum absolute atomic E-state index is 0.0347. The molecule has 2 saturated carbocycles. The van der Waals surface area contributed by atoms with Crippen molar-refractivity contribution in [2.75, 3.05) is 0 Å². The van der Waals surface area contributed by atoms with Crippen LogP contribution in [0.15, 0.2) is 24.3 Å². The van der Waals surface area contributed by atoms with Gasteiger partial charge in [0.25, 0.3) is 0 Å². The number of rotatable bonds is 4. The van der Waals surface area contributed by atoms with E-state index in [0.717, 1.165) is 25.7 Å². The van der Waals surface area contributed by atoms with Gasteiger partial charge in [-0.1, -0.05) is 56.4 Å². The van der Waals surface area contributed by atoms with Crippen LogP contribution in [-0.2, 0) is 0 Å². The minimum atomic E-state index is -0.306. The van der Waals surface area contributed by atoms with Crippen LogP contribution in [0.4, 0.5) is 0 Å². The fourth-order valence-electron chi connectivity index (χ4n) is 4.57. The van der Waals surface area contributed by atoms with Crippen LogP contribution < -0.4 is 0 Å².